The predicted molar refractivity (Wildman–Crippen MR) is 93.4 cm³/mol. The Hall–Kier alpha value is -1.21. The van der Waals surface area contributed by atoms with Crippen LogP contribution in [0.5, 0.6) is 0 Å². The van der Waals surface area contributed by atoms with Crippen molar-refractivity contribution >= 4 is 49.6 Å². The zero-order chi connectivity index (χ0) is 17.4. The number of alkyl halides is 2. The first-order valence-electron chi connectivity index (χ1n) is 7.67. The number of esters is 1. The van der Waals surface area contributed by atoms with E-state index >= 15 is 0 Å². The molecule has 0 heterocycles. The van der Waals surface area contributed by atoms with Gasteiger partial charge in [0.05, 0.1) is 11.8 Å². The van der Waals surface area contributed by atoms with Crippen LogP contribution in [0.15, 0.2) is 30.3 Å². The van der Waals surface area contributed by atoms with E-state index in [4.69, 9.17) is 4.74 Å². The highest BCUT2D eigenvalue weighted by atomic mass is 79.9. The summed E-state index contributed by atoms with van der Waals surface area (Å²) in [5.41, 5.74) is 0.465. The van der Waals surface area contributed by atoms with E-state index in [1.807, 2.05) is 0 Å². The van der Waals surface area contributed by atoms with Crippen LogP contribution in [0.2, 0.25) is 0 Å². The lowest BCUT2D eigenvalue weighted by atomic mass is 9.79. The third-order valence-electron chi connectivity index (χ3n) is 4.97. The number of ether oxygens (including phenoxy) is 1. The van der Waals surface area contributed by atoms with Crippen molar-refractivity contribution in [1.82, 2.24) is 0 Å². The molecule has 1 N–H and O–H groups in total. The molecule has 7 heteroatoms. The average molecular weight is 460 g/mol. The van der Waals surface area contributed by atoms with Crippen molar-refractivity contribution in [2.45, 2.75) is 16.1 Å². The lowest BCUT2D eigenvalue weighted by Crippen LogP contribution is -2.44. The smallest absolute Gasteiger partial charge is 0.310 e. The summed E-state index contributed by atoms with van der Waals surface area (Å²) in [5, 5.41) is 9.50. The maximum Gasteiger partial charge on any atom is 0.310 e. The Morgan fingerprint density at radius 1 is 1.04 bits per heavy atom. The van der Waals surface area contributed by atoms with Gasteiger partial charge in [0.15, 0.2) is 12.4 Å². The van der Waals surface area contributed by atoms with Gasteiger partial charge >= 0.3 is 11.9 Å². The van der Waals surface area contributed by atoms with Gasteiger partial charge in [0.25, 0.3) is 0 Å². The van der Waals surface area contributed by atoms with Gasteiger partial charge in [-0.25, -0.2) is 0 Å². The summed E-state index contributed by atoms with van der Waals surface area (Å²) in [6, 6.07) is 8.56. The van der Waals surface area contributed by atoms with Gasteiger partial charge in [0, 0.05) is 15.2 Å². The number of benzene rings is 1. The minimum Gasteiger partial charge on any atom is -0.481 e. The molecule has 0 aromatic heterocycles. The Morgan fingerprint density at radius 3 is 2.21 bits per heavy atom. The fraction of sp³-hybridized carbons (Fsp3) is 0.471. The summed E-state index contributed by atoms with van der Waals surface area (Å²) in [7, 11) is 0. The molecule has 0 unspecified atom stereocenters. The second-order valence-electron chi connectivity index (χ2n) is 6.24. The van der Waals surface area contributed by atoms with E-state index in [0.29, 0.717) is 12.0 Å². The minimum atomic E-state index is -0.984. The Morgan fingerprint density at radius 2 is 1.62 bits per heavy atom. The molecule has 2 fully saturated rings. The number of carbonyl (C=O) groups excluding carboxylic acids is 2. The number of ketones is 1. The van der Waals surface area contributed by atoms with Crippen molar-refractivity contribution in [2.24, 2.45) is 23.7 Å². The summed E-state index contributed by atoms with van der Waals surface area (Å²) in [6.45, 7) is -0.367. The number of Topliss-reactive ketones (excluding diaryl/α,β-unsaturated/α-hetero) is 1. The lowest BCUT2D eigenvalue weighted by Gasteiger charge is -2.32. The highest BCUT2D eigenvalue weighted by Gasteiger charge is 2.62. The molecule has 0 amide bonds. The average Bonchev–Trinajstić information content (AvgIpc) is 3.10. The standard InChI is InChI=1S/C17H16Br2O5/c18-14-9-6-10(15(14)19)13(12(9)16(21)22)17(23)24-7-11(20)8-4-2-1-3-5-8/h1-5,9-10,12-15H,6-7H2,(H,21,22)/t9-,10+,12-,13-,14-,15+/m0/s1. The van der Waals surface area contributed by atoms with Crippen molar-refractivity contribution in [3.63, 3.8) is 0 Å². The summed E-state index contributed by atoms with van der Waals surface area (Å²) in [4.78, 5) is 36.2. The molecule has 2 saturated carbocycles. The number of carbonyl (C=O) groups is 3. The van der Waals surface area contributed by atoms with Gasteiger partial charge < -0.3 is 9.84 Å². The summed E-state index contributed by atoms with van der Waals surface area (Å²) in [5.74, 6) is -3.57. The number of halogens is 2. The molecule has 0 saturated heterocycles. The van der Waals surface area contributed by atoms with Gasteiger partial charge in [-0.1, -0.05) is 62.2 Å². The van der Waals surface area contributed by atoms with Crippen LogP contribution >= 0.6 is 31.9 Å². The molecule has 128 valence electrons. The number of carboxylic acids is 1. The fourth-order valence-corrected chi connectivity index (χ4v) is 5.74. The zero-order valence-electron chi connectivity index (χ0n) is 12.6. The van der Waals surface area contributed by atoms with Gasteiger partial charge in [-0.05, 0) is 18.3 Å². The maximum atomic E-state index is 12.5. The van der Waals surface area contributed by atoms with Crippen LogP contribution in [0.25, 0.3) is 0 Å². The number of hydrogen-bond acceptors (Lipinski definition) is 4. The van der Waals surface area contributed by atoms with Crippen molar-refractivity contribution in [3.05, 3.63) is 35.9 Å². The lowest BCUT2D eigenvalue weighted by molar-refractivity contribution is -0.159. The largest absolute Gasteiger partial charge is 0.481 e. The molecular weight excluding hydrogens is 444 g/mol. The first-order valence-corrected chi connectivity index (χ1v) is 9.50. The molecular formula is C17H16Br2O5. The first-order chi connectivity index (χ1) is 11.4. The maximum absolute atomic E-state index is 12.5. The van der Waals surface area contributed by atoms with Crippen LogP contribution in [0.1, 0.15) is 16.8 Å². The molecule has 24 heavy (non-hydrogen) atoms. The fourth-order valence-electron chi connectivity index (χ4n) is 3.87. The van der Waals surface area contributed by atoms with Crippen molar-refractivity contribution in [3.8, 4) is 0 Å². The molecule has 1 aromatic rings. The number of carboxylic acid groups (broad SMARTS) is 1. The summed E-state index contributed by atoms with van der Waals surface area (Å²) >= 11 is 7.07. The summed E-state index contributed by atoms with van der Waals surface area (Å²) < 4.78 is 5.17. The van der Waals surface area contributed by atoms with Crippen LogP contribution in [0.4, 0.5) is 0 Å². The third-order valence-corrected chi connectivity index (χ3v) is 8.18. The Balaban J connectivity index is 1.68. The van der Waals surface area contributed by atoms with Gasteiger partial charge in [0.2, 0.25) is 0 Å². The van der Waals surface area contributed by atoms with E-state index in [1.165, 1.54) is 0 Å². The van der Waals surface area contributed by atoms with Gasteiger partial charge in [-0.15, -0.1) is 0 Å². The van der Waals surface area contributed by atoms with Gasteiger partial charge in [0.1, 0.15) is 0 Å². The molecule has 2 aliphatic rings. The predicted octanol–water partition coefficient (Wildman–Crippen LogP) is 2.91. The van der Waals surface area contributed by atoms with Gasteiger partial charge in [-0.2, -0.15) is 0 Å². The van der Waals surface area contributed by atoms with Crippen molar-refractivity contribution in [2.75, 3.05) is 6.61 Å². The topological polar surface area (TPSA) is 80.7 Å². The van der Waals surface area contributed by atoms with E-state index in [1.54, 1.807) is 30.3 Å². The molecule has 2 bridgehead atoms. The second kappa shape index (κ2) is 6.96. The number of fused-ring (bicyclic) bond motifs is 2. The molecule has 3 rings (SSSR count). The van der Waals surface area contributed by atoms with E-state index in [-0.39, 0.29) is 33.9 Å². The van der Waals surface area contributed by atoms with Crippen LogP contribution in [0.3, 0.4) is 0 Å². The van der Waals surface area contributed by atoms with Gasteiger partial charge in [-0.3, -0.25) is 14.4 Å². The Bertz CT molecular complexity index is 662. The molecule has 5 nitrogen and oxygen atoms in total. The minimum absolute atomic E-state index is 0.0265. The van der Waals surface area contributed by atoms with Crippen LogP contribution in [-0.2, 0) is 14.3 Å². The molecule has 6 atom stereocenters. The van der Waals surface area contributed by atoms with Crippen molar-refractivity contribution in [1.29, 1.82) is 0 Å². The third kappa shape index (κ3) is 3.04. The van der Waals surface area contributed by atoms with Crippen LogP contribution in [0, 0.1) is 23.7 Å². The van der Waals surface area contributed by atoms with Crippen molar-refractivity contribution < 1.29 is 24.2 Å². The Kier molecular flexibility index (Phi) is 5.11. The highest BCUT2D eigenvalue weighted by Crippen LogP contribution is 2.57. The SMILES string of the molecule is O=C(COC(=O)[C@H]1[C@H]2C[C@H]([C@H](Br)[C@@H]2Br)[C@@H]1C(=O)O)c1ccccc1. The summed E-state index contributed by atoms with van der Waals surface area (Å²) in [6.07, 6.45) is 0.662. The number of hydrogen-bond donors (Lipinski definition) is 1. The number of aliphatic carboxylic acids is 1. The molecule has 2 aliphatic carbocycles. The molecule has 0 spiro atoms. The monoisotopic (exact) mass is 458 g/mol. The quantitative estimate of drug-likeness (QED) is 0.416. The van der Waals surface area contributed by atoms with E-state index in [2.05, 4.69) is 31.9 Å². The molecule has 1 aromatic carbocycles. The van der Waals surface area contributed by atoms with E-state index in [9.17, 15) is 19.5 Å². The zero-order valence-corrected chi connectivity index (χ0v) is 15.8. The van der Waals surface area contributed by atoms with E-state index < -0.39 is 23.8 Å². The van der Waals surface area contributed by atoms with E-state index in [0.717, 1.165) is 0 Å². The first kappa shape index (κ1) is 17.6. The van der Waals surface area contributed by atoms with Crippen LogP contribution < -0.4 is 0 Å². The molecule has 0 radical (unpaired) electrons. The van der Waals surface area contributed by atoms with Crippen LogP contribution in [-0.4, -0.2) is 39.1 Å². The highest BCUT2D eigenvalue weighted by molar-refractivity contribution is 9.12. The Labute approximate surface area is 156 Å². The number of rotatable bonds is 5. The molecule has 0 aliphatic heterocycles. The normalized spacial score (nSPS) is 34.1. The second-order valence-corrected chi connectivity index (χ2v) is 8.35.